The van der Waals surface area contributed by atoms with Gasteiger partial charge in [-0.25, -0.2) is 5.43 Å². The van der Waals surface area contributed by atoms with Crippen molar-refractivity contribution in [1.29, 1.82) is 0 Å². The van der Waals surface area contributed by atoms with Gasteiger partial charge in [-0.3, -0.25) is 10.1 Å². The van der Waals surface area contributed by atoms with Gasteiger partial charge in [0.1, 0.15) is 5.75 Å². The molecule has 0 aliphatic carbocycles. The molecule has 4 rings (SSSR count). The molecule has 4 aromatic rings. The van der Waals surface area contributed by atoms with Crippen molar-refractivity contribution in [2.45, 2.75) is 0 Å². The van der Waals surface area contributed by atoms with Gasteiger partial charge >= 0.3 is 5.69 Å². The van der Waals surface area contributed by atoms with Gasteiger partial charge in [-0.05, 0) is 48.5 Å². The lowest BCUT2D eigenvalue weighted by atomic mass is 10.2. The molecule has 1 aromatic heterocycles. The summed E-state index contributed by atoms with van der Waals surface area (Å²) < 4.78 is 5.18. The third kappa shape index (κ3) is 6.16. The molecule has 12 heteroatoms. The summed E-state index contributed by atoms with van der Waals surface area (Å²) in [6.45, 7) is 0. The Labute approximate surface area is 199 Å². The summed E-state index contributed by atoms with van der Waals surface area (Å²) in [6, 6.07) is 20.5. The third-order valence-corrected chi connectivity index (χ3v) is 4.59. The van der Waals surface area contributed by atoms with Gasteiger partial charge in [0.05, 0.1) is 18.2 Å². The summed E-state index contributed by atoms with van der Waals surface area (Å²) in [5.41, 5.74) is 4.19. The van der Waals surface area contributed by atoms with E-state index >= 15 is 0 Å². The van der Waals surface area contributed by atoms with E-state index in [0.717, 1.165) is 11.4 Å². The van der Waals surface area contributed by atoms with Crippen LogP contribution < -0.4 is 20.8 Å². The smallest absolute Gasteiger partial charge is 0.311 e. The summed E-state index contributed by atoms with van der Waals surface area (Å²) in [5.74, 6) is 0.924. The van der Waals surface area contributed by atoms with E-state index in [1.165, 1.54) is 24.4 Å². The van der Waals surface area contributed by atoms with E-state index in [2.05, 4.69) is 36.1 Å². The number of methoxy groups -OCH3 is 1. The van der Waals surface area contributed by atoms with E-state index in [-0.39, 0.29) is 17.8 Å². The first-order valence-corrected chi connectivity index (χ1v) is 10.3. The van der Waals surface area contributed by atoms with Crippen LogP contribution in [0.2, 0.25) is 0 Å². The highest BCUT2D eigenvalue weighted by Gasteiger charge is 2.13. The summed E-state index contributed by atoms with van der Waals surface area (Å²) >= 11 is 0. The van der Waals surface area contributed by atoms with Gasteiger partial charge < -0.3 is 20.5 Å². The molecule has 0 aliphatic heterocycles. The number of nitro groups is 1. The molecular weight excluding hydrogens is 452 g/mol. The zero-order chi connectivity index (χ0) is 24.6. The molecule has 0 spiro atoms. The van der Waals surface area contributed by atoms with Crippen molar-refractivity contribution in [3.8, 4) is 11.5 Å². The summed E-state index contributed by atoms with van der Waals surface area (Å²) in [6.07, 6.45) is 1.34. The molecule has 0 saturated heterocycles. The number of aromatic nitrogens is 3. The third-order valence-electron chi connectivity index (χ3n) is 4.59. The Morgan fingerprint density at radius 2 is 1.54 bits per heavy atom. The van der Waals surface area contributed by atoms with Crippen LogP contribution in [-0.4, -0.2) is 38.3 Å². The number of phenolic OH excluding ortho intramolecular Hbond substituents is 1. The molecule has 0 saturated carbocycles. The second-order valence-corrected chi connectivity index (χ2v) is 7.03. The van der Waals surface area contributed by atoms with Crippen molar-refractivity contribution in [2.75, 3.05) is 23.2 Å². The number of aromatic hydroxyl groups is 1. The van der Waals surface area contributed by atoms with E-state index in [0.29, 0.717) is 11.3 Å². The van der Waals surface area contributed by atoms with Crippen LogP contribution in [0.1, 0.15) is 5.56 Å². The number of hydrazone groups is 1. The lowest BCUT2D eigenvalue weighted by Gasteiger charge is -2.10. The van der Waals surface area contributed by atoms with Crippen molar-refractivity contribution < 1.29 is 14.8 Å². The number of rotatable bonds is 9. The maximum absolute atomic E-state index is 11.0. The number of para-hydroxylation sites is 1. The lowest BCUT2D eigenvalue weighted by Crippen LogP contribution is -2.07. The average Bonchev–Trinajstić information content (AvgIpc) is 2.86. The van der Waals surface area contributed by atoms with Crippen LogP contribution in [0.5, 0.6) is 11.5 Å². The molecule has 4 N–H and O–H groups in total. The van der Waals surface area contributed by atoms with E-state index < -0.39 is 16.4 Å². The molecule has 0 atom stereocenters. The highest BCUT2D eigenvalue weighted by Crippen LogP contribution is 2.25. The normalized spacial score (nSPS) is 10.7. The maximum Gasteiger partial charge on any atom is 0.311 e. The van der Waals surface area contributed by atoms with Gasteiger partial charge in [-0.2, -0.15) is 20.1 Å². The predicted molar refractivity (Wildman–Crippen MR) is 132 cm³/mol. The molecule has 3 aromatic carbocycles. The fourth-order valence-electron chi connectivity index (χ4n) is 2.92. The van der Waals surface area contributed by atoms with E-state index in [1.54, 1.807) is 19.2 Å². The van der Waals surface area contributed by atoms with Crippen LogP contribution >= 0.6 is 0 Å². The van der Waals surface area contributed by atoms with E-state index in [9.17, 15) is 15.2 Å². The fourth-order valence-corrected chi connectivity index (χ4v) is 2.92. The van der Waals surface area contributed by atoms with Gasteiger partial charge in [-0.1, -0.05) is 18.2 Å². The minimum absolute atomic E-state index is 0.124. The summed E-state index contributed by atoms with van der Waals surface area (Å²) in [7, 11) is 1.59. The van der Waals surface area contributed by atoms with E-state index in [4.69, 9.17) is 4.74 Å². The topological polar surface area (TPSA) is 160 Å². The Morgan fingerprint density at radius 1 is 0.914 bits per heavy atom. The number of nitrogens with one attached hydrogen (secondary N) is 3. The van der Waals surface area contributed by atoms with Crippen LogP contribution in [0.3, 0.4) is 0 Å². The molecule has 0 radical (unpaired) electrons. The maximum atomic E-state index is 11.0. The zero-order valence-corrected chi connectivity index (χ0v) is 18.4. The second-order valence-electron chi connectivity index (χ2n) is 7.03. The van der Waals surface area contributed by atoms with Crippen molar-refractivity contribution >= 4 is 41.1 Å². The van der Waals surface area contributed by atoms with Crippen LogP contribution in [0, 0.1) is 10.1 Å². The standard InChI is InChI=1S/C23H20N8O4/c1-35-18-10-8-17(9-11-18)26-22-27-21(25-16-5-3-2-4-6-16)28-23(29-22)30-24-14-15-7-12-20(32)19(13-15)31(33)34/h2-14,32H,1H3,(H3,25,26,27,28,29,30)/b24-14+. The van der Waals surface area contributed by atoms with Crippen molar-refractivity contribution in [2.24, 2.45) is 5.10 Å². The Morgan fingerprint density at radius 3 is 2.17 bits per heavy atom. The van der Waals surface area contributed by atoms with Gasteiger partial charge in [0.25, 0.3) is 0 Å². The number of nitro benzene ring substituents is 1. The van der Waals surface area contributed by atoms with Gasteiger partial charge in [0.15, 0.2) is 5.75 Å². The number of nitrogens with zero attached hydrogens (tertiary/aromatic N) is 5. The van der Waals surface area contributed by atoms with Gasteiger partial charge in [0.2, 0.25) is 17.8 Å². The average molecular weight is 472 g/mol. The number of phenols is 1. The quantitative estimate of drug-likeness (QED) is 0.156. The van der Waals surface area contributed by atoms with Crippen LogP contribution in [-0.2, 0) is 0 Å². The Kier molecular flexibility index (Phi) is 6.92. The molecular formula is C23H20N8O4. The van der Waals surface area contributed by atoms with Crippen molar-refractivity contribution in [1.82, 2.24) is 15.0 Å². The zero-order valence-electron chi connectivity index (χ0n) is 18.4. The lowest BCUT2D eigenvalue weighted by molar-refractivity contribution is -0.385. The highest BCUT2D eigenvalue weighted by atomic mass is 16.6. The Hall–Kier alpha value is -5.26. The summed E-state index contributed by atoms with van der Waals surface area (Å²) in [5, 5.41) is 30.9. The number of benzene rings is 3. The highest BCUT2D eigenvalue weighted by molar-refractivity contribution is 5.82. The first-order valence-electron chi connectivity index (χ1n) is 10.3. The molecule has 0 aliphatic rings. The van der Waals surface area contributed by atoms with Crippen LogP contribution in [0.25, 0.3) is 0 Å². The summed E-state index contributed by atoms with van der Waals surface area (Å²) in [4.78, 5) is 23.4. The minimum atomic E-state index is -0.676. The number of hydrogen-bond acceptors (Lipinski definition) is 11. The van der Waals surface area contributed by atoms with Crippen molar-refractivity contribution in [3.05, 3.63) is 88.5 Å². The molecule has 0 bridgehead atoms. The number of anilines is 5. The Balaban J connectivity index is 1.57. The van der Waals surface area contributed by atoms with Crippen LogP contribution in [0.15, 0.2) is 77.9 Å². The molecule has 35 heavy (non-hydrogen) atoms. The Bertz CT molecular complexity index is 1350. The first kappa shape index (κ1) is 22.9. The predicted octanol–water partition coefficient (Wildman–Crippen LogP) is 4.43. The molecule has 176 valence electrons. The fraction of sp³-hybridized carbons (Fsp3) is 0.0435. The molecule has 0 unspecified atom stereocenters. The molecule has 1 heterocycles. The SMILES string of the molecule is COc1ccc(Nc2nc(N/N=C/c3ccc(O)c([N+](=O)[O-])c3)nc(Nc3ccccc3)n2)cc1. The number of ether oxygens (including phenoxy) is 1. The number of hydrogen-bond donors (Lipinski definition) is 4. The monoisotopic (exact) mass is 472 g/mol. The second kappa shape index (κ2) is 10.6. The van der Waals surface area contributed by atoms with Crippen molar-refractivity contribution in [3.63, 3.8) is 0 Å². The largest absolute Gasteiger partial charge is 0.502 e. The molecule has 12 nitrogen and oxygen atoms in total. The van der Waals surface area contributed by atoms with Gasteiger partial charge in [-0.15, -0.1) is 0 Å². The minimum Gasteiger partial charge on any atom is -0.502 e. The van der Waals surface area contributed by atoms with E-state index in [1.807, 2.05) is 42.5 Å². The van der Waals surface area contributed by atoms with Crippen LogP contribution in [0.4, 0.5) is 34.9 Å². The first-order chi connectivity index (χ1) is 17.0. The van der Waals surface area contributed by atoms with Gasteiger partial charge in [0, 0.05) is 23.0 Å². The molecule has 0 fully saturated rings. The molecule has 0 amide bonds.